The highest BCUT2D eigenvalue weighted by molar-refractivity contribution is 5.16. The summed E-state index contributed by atoms with van der Waals surface area (Å²) < 4.78 is 79.5. The van der Waals surface area contributed by atoms with Crippen molar-refractivity contribution < 1.29 is 174 Å². The number of hydrogen-bond acceptors (Lipinski definition) is 37. The Balaban J connectivity index is 0.000000581. The van der Waals surface area contributed by atoms with Crippen molar-refractivity contribution in [2.45, 2.75) is 255 Å². The van der Waals surface area contributed by atoms with E-state index in [9.17, 15) is 107 Å². The molecule has 39 atom stereocenters. The molecule has 16 bridgehead atoms. The van der Waals surface area contributed by atoms with Crippen LogP contribution in [0.2, 0.25) is 0 Å². The van der Waals surface area contributed by atoms with Crippen molar-refractivity contribution >= 4 is 0 Å². The van der Waals surface area contributed by atoms with Crippen LogP contribution in [0.15, 0.2) is 0 Å². The third kappa shape index (κ3) is 14.1. The van der Waals surface area contributed by atoms with Crippen LogP contribution in [0.4, 0.5) is 0 Å². The molecule has 0 aromatic carbocycles. The van der Waals surface area contributed by atoms with Gasteiger partial charge in [-0.15, -0.1) is 0 Å². The van der Waals surface area contributed by atoms with Gasteiger partial charge in [0.2, 0.25) is 0 Å². The minimum atomic E-state index is -2.21. The van der Waals surface area contributed by atoms with E-state index in [1.165, 1.54) is 12.8 Å². The van der Waals surface area contributed by atoms with Crippen LogP contribution in [-0.2, 0) is 66.3 Å². The van der Waals surface area contributed by atoms with Gasteiger partial charge in [-0.25, -0.2) is 0 Å². The van der Waals surface area contributed by atoms with Gasteiger partial charge in [-0.1, -0.05) is 20.8 Å². The highest BCUT2D eigenvalue weighted by Gasteiger charge is 2.65. The molecule has 21 heterocycles. The Bertz CT molecular complexity index is 1950. The number of nitrogens with two attached hydrogens (primary N) is 1. The molecule has 21 saturated heterocycles. The third-order valence-corrected chi connectivity index (χ3v) is 20.4. The molecule has 23 aliphatic rings. The second-order valence-electron chi connectivity index (χ2n) is 26.4. The van der Waals surface area contributed by atoms with Gasteiger partial charge < -0.3 is 184 Å². The third-order valence-electron chi connectivity index (χ3n) is 20.4. The van der Waals surface area contributed by atoms with Crippen molar-refractivity contribution in [1.82, 2.24) is 4.90 Å². The SMILES string of the molecule is CN(C)C[C@H]1[C@H]2CC[C@@](C)([C@H]1N)C2(C)C.OC[C@H]1O[C@@H]2O[C@H]3[C@H](O)[C@@H](O)[C@@H](O[C@H]4[C@H](O)[C@@H](O)[C@@H](O[C@H]5[C@H](O)[C@@H](O)[C@@H](O[C@H]6[C@H](O)[C@@H](O)[C@@H](O[C@H]7[C@H](O)[C@@H](O)[C@@H](O[C@H]8[C@H](O)[C@@H](O)[C@@H](O[C@H]1[C@H](O)[C@H]2O)O[C@@H]8CO)O[C@@H]7CO)O[C@@H]6CO)O[C@@H]5CO)O[C@@H]4CO)O[C@@H]3CO. The van der Waals surface area contributed by atoms with Crippen molar-refractivity contribution in [2.24, 2.45) is 28.4 Å². The molecule has 2 saturated carbocycles. The van der Waals surface area contributed by atoms with Gasteiger partial charge in [-0.2, -0.15) is 0 Å². The van der Waals surface area contributed by atoms with Crippen LogP contribution in [0.3, 0.4) is 0 Å². The molecule has 92 heavy (non-hydrogen) atoms. The summed E-state index contributed by atoms with van der Waals surface area (Å²) in [4.78, 5) is 2.30. The monoisotopic (exact) mass is 1340 g/mol. The lowest BCUT2D eigenvalue weighted by Gasteiger charge is -2.50. The number of hydrogen-bond donors (Lipinski definition) is 22. The molecule has 0 radical (unpaired) electrons. The number of aliphatic hydroxyl groups is 21. The Morgan fingerprint density at radius 1 is 0.315 bits per heavy atom. The second kappa shape index (κ2) is 30.6. The summed E-state index contributed by atoms with van der Waals surface area (Å²) in [5, 5.41) is 230. The Hall–Kier alpha value is -1.48. The lowest BCUT2D eigenvalue weighted by molar-refractivity contribution is -0.396. The first kappa shape index (κ1) is 74.7. The van der Waals surface area contributed by atoms with Gasteiger partial charge in [0, 0.05) is 12.6 Å². The average Bonchev–Trinajstić information content (AvgIpc) is 1.54. The summed E-state index contributed by atoms with van der Waals surface area (Å²) >= 11 is 0. The summed E-state index contributed by atoms with van der Waals surface area (Å²) in [5.74, 6) is 1.54. The molecule has 0 aromatic rings. The lowest BCUT2D eigenvalue weighted by Crippen LogP contribution is -2.68. The predicted octanol–water partition coefficient (Wildman–Crippen LogP) is -13.3. The Labute approximate surface area is 527 Å². The quantitative estimate of drug-likeness (QED) is 0.102. The highest BCUT2D eigenvalue weighted by atomic mass is 16.8. The molecule has 23 N–H and O–H groups in total. The molecule has 37 heteroatoms. The molecular formula is C55H96N2O35. The fourth-order valence-corrected chi connectivity index (χ4v) is 14.7. The van der Waals surface area contributed by atoms with Crippen molar-refractivity contribution in [3.05, 3.63) is 0 Å². The maximum absolute atomic E-state index is 11.3. The number of fused-ring (bicyclic) bond motifs is 2. The van der Waals surface area contributed by atoms with Crippen LogP contribution >= 0.6 is 0 Å². The topological polar surface area (TPSA) is 583 Å². The van der Waals surface area contributed by atoms with Crippen LogP contribution in [-0.4, -0.2) is 400 Å². The first-order chi connectivity index (χ1) is 43.5. The summed E-state index contributed by atoms with van der Waals surface area (Å²) in [6.45, 7) is 1.10. The largest absolute Gasteiger partial charge is 0.394 e. The standard InChI is InChI=1S/C42H70O35.C13H26N2/c43-1-8-29-15(50)22(57)36(64-8)72-30-9(2-44)66-38(24(59)17(30)52)74-32-11(4-46)68-40(26(61)19(32)54)76-34-13(6-48)70-42(28(63)21(34)56)77-35-14(7-49)69-41(27(62)20(35)55)75-33-12(5-47)67-39(25(60)18(33)53)73-31-10(3-45)65-37(71-29)23(58)16(31)51;1-12(2)10-6-7-13(12,3)11(14)9(10)8-15(4)5/h8-63H,1-7H2;9-11H,6-8,14H2,1-5H3/t8-,9-,10-,11-,12-,13-,14-,15-,16-,17-,18-,19-,20-,21-,22-,23-,24-,25-,26-,27-,28-,29-,30-,31-,32-,33-,34-,35-,36-,37-,38-,39-,40-,41-,42-;9-,10+,11-,13-/m10/s1. The van der Waals surface area contributed by atoms with Crippen molar-refractivity contribution in [3.63, 3.8) is 0 Å². The number of nitrogens with zero attached hydrogens (tertiary/aromatic N) is 1. The van der Waals surface area contributed by atoms with Gasteiger partial charge in [0.15, 0.2) is 44.0 Å². The molecule has 536 valence electrons. The second-order valence-corrected chi connectivity index (χ2v) is 26.4. The van der Waals surface area contributed by atoms with Gasteiger partial charge in [-0.05, 0) is 49.6 Å². The number of rotatable bonds is 9. The van der Waals surface area contributed by atoms with Crippen molar-refractivity contribution in [1.29, 1.82) is 0 Å². The first-order valence-electron chi connectivity index (χ1n) is 30.8. The zero-order chi connectivity index (χ0) is 67.5. The number of aliphatic hydroxyl groups excluding tert-OH is 21. The van der Waals surface area contributed by atoms with Crippen LogP contribution in [0.25, 0.3) is 0 Å². The maximum Gasteiger partial charge on any atom is 0.187 e. The zero-order valence-electron chi connectivity index (χ0n) is 51.1. The normalized spacial score (nSPS) is 54.1. The summed E-state index contributed by atoms with van der Waals surface area (Å²) in [7, 11) is 4.32. The molecule has 0 aromatic heterocycles. The van der Waals surface area contributed by atoms with E-state index < -0.39 is 261 Å². The average molecular weight is 1350 g/mol. The van der Waals surface area contributed by atoms with Gasteiger partial charge in [0.1, 0.15) is 171 Å². The van der Waals surface area contributed by atoms with Gasteiger partial charge in [-0.3, -0.25) is 0 Å². The smallest absolute Gasteiger partial charge is 0.187 e. The molecule has 0 unspecified atom stereocenters. The highest BCUT2D eigenvalue weighted by Crippen LogP contribution is 2.67. The van der Waals surface area contributed by atoms with Gasteiger partial charge in [0.05, 0.1) is 46.2 Å². The molecule has 0 amide bonds. The zero-order valence-corrected chi connectivity index (χ0v) is 51.1. The fourth-order valence-electron chi connectivity index (χ4n) is 14.7. The molecule has 23 rings (SSSR count). The summed E-state index contributed by atoms with van der Waals surface area (Å²) in [6, 6.07) is 0.397. The van der Waals surface area contributed by atoms with E-state index in [1.807, 2.05) is 0 Å². The molecule has 21 aliphatic heterocycles. The van der Waals surface area contributed by atoms with E-state index in [2.05, 4.69) is 39.8 Å². The van der Waals surface area contributed by atoms with E-state index in [-0.39, 0.29) is 0 Å². The van der Waals surface area contributed by atoms with E-state index >= 15 is 0 Å². The molecule has 37 nitrogen and oxygen atoms in total. The summed E-state index contributed by atoms with van der Waals surface area (Å²) in [5.41, 5.74) is 7.31. The predicted molar refractivity (Wildman–Crippen MR) is 293 cm³/mol. The van der Waals surface area contributed by atoms with E-state index in [0.717, 1.165) is 12.5 Å². The lowest BCUT2D eigenvalue weighted by atomic mass is 9.69. The number of ether oxygens (including phenoxy) is 14. The molecule has 0 spiro atoms. The van der Waals surface area contributed by atoms with Crippen LogP contribution in [0.5, 0.6) is 0 Å². The Kier molecular flexibility index (Phi) is 24.8. The maximum atomic E-state index is 11.3. The molecule has 2 aliphatic carbocycles. The van der Waals surface area contributed by atoms with E-state index in [1.54, 1.807) is 0 Å². The minimum absolute atomic E-state index is 0.373. The molecule has 23 fully saturated rings. The van der Waals surface area contributed by atoms with Crippen LogP contribution in [0, 0.1) is 22.7 Å². The van der Waals surface area contributed by atoms with E-state index in [4.69, 9.17) is 72.0 Å². The Morgan fingerprint density at radius 2 is 0.500 bits per heavy atom. The Morgan fingerprint density at radius 3 is 0.641 bits per heavy atom. The van der Waals surface area contributed by atoms with Crippen molar-refractivity contribution in [2.75, 3.05) is 66.9 Å². The van der Waals surface area contributed by atoms with Gasteiger partial charge in [0.25, 0.3) is 0 Å². The van der Waals surface area contributed by atoms with Crippen LogP contribution in [0.1, 0.15) is 33.6 Å². The summed E-state index contributed by atoms with van der Waals surface area (Å²) in [6.07, 6.45) is -67.5. The van der Waals surface area contributed by atoms with Crippen LogP contribution < -0.4 is 5.73 Å². The minimum Gasteiger partial charge on any atom is -0.394 e. The van der Waals surface area contributed by atoms with E-state index in [0.29, 0.717) is 22.8 Å². The fraction of sp³-hybridized carbons (Fsp3) is 1.00. The van der Waals surface area contributed by atoms with Gasteiger partial charge >= 0.3 is 0 Å². The first-order valence-corrected chi connectivity index (χ1v) is 30.8. The van der Waals surface area contributed by atoms with Crippen molar-refractivity contribution in [3.8, 4) is 0 Å². The molecular weight excluding hydrogens is 1250 g/mol.